The molecule has 3 rings (SSSR count). The molecule has 3 N–H and O–H groups in total. The first-order valence-electron chi connectivity index (χ1n) is 10.2. The number of carbonyl (C=O) groups excluding carboxylic acids is 1. The average molecular weight is 488 g/mol. The minimum atomic E-state index is -3.68. The molecule has 0 atom stereocenters. The molecule has 1 amide bonds. The predicted molar refractivity (Wildman–Crippen MR) is 127 cm³/mol. The topological polar surface area (TPSA) is 121 Å². The van der Waals surface area contributed by atoms with E-state index in [4.69, 9.17) is 0 Å². The number of amides is 1. The molecule has 0 aliphatic heterocycles. The van der Waals surface area contributed by atoms with Crippen LogP contribution in [0, 0.1) is 0 Å². The standard InChI is InChI=1S/C23H25N3O5S2/c27-23(16-18-25-32(28,29)21-9-5-2-6-10-21)26-20-11-13-22(14-12-20)33(30,31)24-17-15-19-7-3-1-4-8-19/h1-14,24-25H,15-18H2,(H,26,27). The Bertz CT molecular complexity index is 1260. The molecule has 3 aromatic carbocycles. The summed E-state index contributed by atoms with van der Waals surface area (Å²) in [5.74, 6) is -0.401. The van der Waals surface area contributed by atoms with E-state index < -0.39 is 26.0 Å². The average Bonchev–Trinajstić information content (AvgIpc) is 2.80. The number of hydrogen-bond donors (Lipinski definition) is 3. The first kappa shape index (κ1) is 24.6. The second-order valence-corrected chi connectivity index (χ2v) is 10.7. The zero-order valence-corrected chi connectivity index (χ0v) is 19.4. The molecule has 8 nitrogen and oxygen atoms in total. The Morgan fingerprint density at radius 3 is 1.76 bits per heavy atom. The van der Waals surface area contributed by atoms with Crippen LogP contribution in [-0.2, 0) is 31.3 Å². The Morgan fingerprint density at radius 1 is 0.636 bits per heavy atom. The van der Waals surface area contributed by atoms with Gasteiger partial charge < -0.3 is 5.32 Å². The molecular weight excluding hydrogens is 462 g/mol. The molecule has 3 aromatic rings. The molecule has 0 unspecified atom stereocenters. The van der Waals surface area contributed by atoms with Crippen LogP contribution >= 0.6 is 0 Å². The SMILES string of the molecule is O=C(CCNS(=O)(=O)c1ccccc1)Nc1ccc(S(=O)(=O)NCCc2ccccc2)cc1. The second-order valence-electron chi connectivity index (χ2n) is 7.17. The molecule has 174 valence electrons. The van der Waals surface area contributed by atoms with Crippen LogP contribution < -0.4 is 14.8 Å². The fourth-order valence-electron chi connectivity index (χ4n) is 2.98. The molecule has 0 saturated carbocycles. The van der Waals surface area contributed by atoms with E-state index in [1.807, 2.05) is 30.3 Å². The Labute approximate surface area is 194 Å². The summed E-state index contributed by atoms with van der Waals surface area (Å²) in [6, 6.07) is 23.2. The highest BCUT2D eigenvalue weighted by atomic mass is 32.2. The number of anilines is 1. The lowest BCUT2D eigenvalue weighted by Gasteiger charge is -2.09. The Morgan fingerprint density at radius 2 is 1.15 bits per heavy atom. The number of rotatable bonds is 11. The van der Waals surface area contributed by atoms with Gasteiger partial charge in [-0.25, -0.2) is 26.3 Å². The van der Waals surface area contributed by atoms with Crippen molar-refractivity contribution >= 4 is 31.6 Å². The zero-order chi connectivity index (χ0) is 23.7. The molecule has 0 fully saturated rings. The summed E-state index contributed by atoms with van der Waals surface area (Å²) in [6.45, 7) is 0.199. The van der Waals surface area contributed by atoms with Gasteiger partial charge in [-0.1, -0.05) is 48.5 Å². The Hall–Kier alpha value is -3.05. The maximum atomic E-state index is 12.4. The lowest BCUT2D eigenvalue weighted by molar-refractivity contribution is -0.116. The van der Waals surface area contributed by atoms with E-state index in [1.54, 1.807) is 18.2 Å². The molecule has 0 saturated heterocycles. The van der Waals surface area contributed by atoms with E-state index in [1.165, 1.54) is 36.4 Å². The Kier molecular flexibility index (Phi) is 8.34. The largest absolute Gasteiger partial charge is 0.326 e. The van der Waals surface area contributed by atoms with Crippen molar-refractivity contribution in [3.63, 3.8) is 0 Å². The summed E-state index contributed by atoms with van der Waals surface area (Å²) >= 11 is 0. The van der Waals surface area contributed by atoms with Gasteiger partial charge in [-0.2, -0.15) is 0 Å². The van der Waals surface area contributed by atoms with Crippen LogP contribution in [-0.4, -0.2) is 35.8 Å². The molecule has 0 spiro atoms. The van der Waals surface area contributed by atoms with Gasteiger partial charge in [0.1, 0.15) is 0 Å². The van der Waals surface area contributed by atoms with Crippen LogP contribution in [0.3, 0.4) is 0 Å². The van der Waals surface area contributed by atoms with Gasteiger partial charge in [0.2, 0.25) is 26.0 Å². The third-order valence-corrected chi connectivity index (χ3v) is 7.65. The van der Waals surface area contributed by atoms with Gasteiger partial charge >= 0.3 is 0 Å². The van der Waals surface area contributed by atoms with Crippen molar-refractivity contribution in [1.82, 2.24) is 9.44 Å². The van der Waals surface area contributed by atoms with Crippen molar-refractivity contribution < 1.29 is 21.6 Å². The first-order valence-corrected chi connectivity index (χ1v) is 13.2. The van der Waals surface area contributed by atoms with Crippen molar-refractivity contribution in [2.24, 2.45) is 0 Å². The number of carbonyl (C=O) groups is 1. The fraction of sp³-hybridized carbons (Fsp3) is 0.174. The maximum absolute atomic E-state index is 12.4. The van der Waals surface area contributed by atoms with Gasteiger partial charge in [-0.15, -0.1) is 0 Å². The van der Waals surface area contributed by atoms with Gasteiger partial charge in [0, 0.05) is 25.2 Å². The summed E-state index contributed by atoms with van der Waals surface area (Å²) < 4.78 is 54.1. The number of sulfonamides is 2. The molecule has 0 bridgehead atoms. The number of benzene rings is 3. The molecule has 33 heavy (non-hydrogen) atoms. The molecular formula is C23H25N3O5S2. The zero-order valence-electron chi connectivity index (χ0n) is 17.8. The molecule has 0 aromatic heterocycles. The van der Waals surface area contributed by atoms with Crippen molar-refractivity contribution in [1.29, 1.82) is 0 Å². The third kappa shape index (κ3) is 7.50. The first-order chi connectivity index (χ1) is 15.8. The Balaban J connectivity index is 1.46. The molecule has 10 heteroatoms. The summed E-state index contributed by atoms with van der Waals surface area (Å²) in [6.07, 6.45) is 0.495. The van der Waals surface area contributed by atoms with E-state index in [2.05, 4.69) is 14.8 Å². The van der Waals surface area contributed by atoms with Crippen molar-refractivity contribution in [2.45, 2.75) is 22.6 Å². The van der Waals surface area contributed by atoms with E-state index in [0.29, 0.717) is 12.1 Å². The van der Waals surface area contributed by atoms with Gasteiger partial charge in [-0.3, -0.25) is 4.79 Å². The molecule has 0 aliphatic rings. The molecule has 0 aliphatic carbocycles. The van der Waals surface area contributed by atoms with Crippen LogP contribution in [0.2, 0.25) is 0 Å². The highest BCUT2D eigenvalue weighted by Crippen LogP contribution is 2.14. The van der Waals surface area contributed by atoms with Crippen LogP contribution in [0.5, 0.6) is 0 Å². The summed E-state index contributed by atoms with van der Waals surface area (Å²) in [7, 11) is -7.35. The van der Waals surface area contributed by atoms with Crippen LogP contribution in [0.25, 0.3) is 0 Å². The maximum Gasteiger partial charge on any atom is 0.240 e. The van der Waals surface area contributed by atoms with Gasteiger partial charge in [-0.05, 0) is 48.4 Å². The fourth-order valence-corrected chi connectivity index (χ4v) is 5.07. The quantitative estimate of drug-likeness (QED) is 0.384. The van der Waals surface area contributed by atoms with Crippen molar-refractivity contribution in [2.75, 3.05) is 18.4 Å². The van der Waals surface area contributed by atoms with E-state index in [9.17, 15) is 21.6 Å². The van der Waals surface area contributed by atoms with Crippen molar-refractivity contribution in [3.05, 3.63) is 90.5 Å². The van der Waals surface area contributed by atoms with E-state index in [-0.39, 0.29) is 29.3 Å². The predicted octanol–water partition coefficient (Wildman–Crippen LogP) is 2.51. The highest BCUT2D eigenvalue weighted by molar-refractivity contribution is 7.89. The van der Waals surface area contributed by atoms with Crippen LogP contribution in [0.1, 0.15) is 12.0 Å². The minimum Gasteiger partial charge on any atom is -0.326 e. The monoisotopic (exact) mass is 487 g/mol. The van der Waals surface area contributed by atoms with Gasteiger partial charge in [0.05, 0.1) is 9.79 Å². The second kappa shape index (κ2) is 11.2. The summed E-state index contributed by atoms with van der Waals surface area (Å²) in [5, 5.41) is 2.62. The van der Waals surface area contributed by atoms with Gasteiger partial charge in [0.15, 0.2) is 0 Å². The highest BCUT2D eigenvalue weighted by Gasteiger charge is 2.15. The summed E-state index contributed by atoms with van der Waals surface area (Å²) in [4.78, 5) is 12.3. The van der Waals surface area contributed by atoms with Crippen LogP contribution in [0.15, 0.2) is 94.7 Å². The lowest BCUT2D eigenvalue weighted by atomic mass is 10.2. The molecule has 0 radical (unpaired) electrons. The minimum absolute atomic E-state index is 0.0686. The van der Waals surface area contributed by atoms with Gasteiger partial charge in [0.25, 0.3) is 0 Å². The van der Waals surface area contributed by atoms with E-state index in [0.717, 1.165) is 5.56 Å². The van der Waals surface area contributed by atoms with E-state index >= 15 is 0 Å². The number of nitrogens with one attached hydrogen (secondary N) is 3. The summed E-state index contributed by atoms with van der Waals surface area (Å²) in [5.41, 5.74) is 1.44. The normalized spacial score (nSPS) is 11.8. The third-order valence-electron chi connectivity index (χ3n) is 4.69. The number of hydrogen-bond acceptors (Lipinski definition) is 5. The lowest BCUT2D eigenvalue weighted by Crippen LogP contribution is -2.28. The smallest absolute Gasteiger partial charge is 0.240 e. The van der Waals surface area contributed by atoms with Crippen LogP contribution in [0.4, 0.5) is 5.69 Å². The van der Waals surface area contributed by atoms with Crippen molar-refractivity contribution in [3.8, 4) is 0 Å². The molecule has 0 heterocycles.